The van der Waals surface area contributed by atoms with E-state index in [1.165, 1.54) is 0 Å². The van der Waals surface area contributed by atoms with Crippen LogP contribution in [0, 0.1) is 31.1 Å². The van der Waals surface area contributed by atoms with Crippen LogP contribution >= 0.6 is 15.9 Å². The zero-order valence-electron chi connectivity index (χ0n) is 9.83. The summed E-state index contributed by atoms with van der Waals surface area (Å²) in [5.74, 6) is -0.135. The zero-order valence-corrected chi connectivity index (χ0v) is 11.4. The molecule has 1 unspecified atom stereocenters. The molecule has 1 aromatic carbocycles. The minimum absolute atomic E-state index is 0.0395. The molecule has 3 nitrogen and oxygen atoms in total. The van der Waals surface area contributed by atoms with E-state index in [0.29, 0.717) is 13.0 Å². The van der Waals surface area contributed by atoms with Gasteiger partial charge in [-0.2, -0.15) is 5.26 Å². The van der Waals surface area contributed by atoms with Gasteiger partial charge in [0.05, 0.1) is 12.0 Å². The van der Waals surface area contributed by atoms with Gasteiger partial charge in [-0.15, -0.1) is 0 Å². The molecule has 0 bridgehead atoms. The lowest BCUT2D eigenvalue weighted by atomic mass is 10.1. The summed E-state index contributed by atoms with van der Waals surface area (Å²) in [6, 6.07) is 6.12. The van der Waals surface area contributed by atoms with Crippen molar-refractivity contribution in [3.05, 3.63) is 27.7 Å². The molecular weight excluding hydrogens is 280 g/mol. The monoisotopic (exact) mass is 292 g/mol. The molecule has 0 radical (unpaired) electrons. The van der Waals surface area contributed by atoms with E-state index in [1.54, 1.807) is 4.90 Å². The number of aryl methyl sites for hydroxylation is 2. The molecule has 1 amide bonds. The van der Waals surface area contributed by atoms with Gasteiger partial charge in [0.25, 0.3) is 0 Å². The fraction of sp³-hybridized carbons (Fsp3) is 0.385. The topological polar surface area (TPSA) is 44.1 Å². The summed E-state index contributed by atoms with van der Waals surface area (Å²) in [4.78, 5) is 13.5. The highest BCUT2D eigenvalue weighted by atomic mass is 79.9. The lowest BCUT2D eigenvalue weighted by Gasteiger charge is -2.18. The van der Waals surface area contributed by atoms with Crippen molar-refractivity contribution in [2.75, 3.05) is 11.4 Å². The molecule has 17 heavy (non-hydrogen) atoms. The van der Waals surface area contributed by atoms with Gasteiger partial charge in [-0.1, -0.05) is 15.9 Å². The quantitative estimate of drug-likeness (QED) is 0.799. The highest BCUT2D eigenvalue weighted by Crippen LogP contribution is 2.30. The molecule has 4 heteroatoms. The molecule has 2 rings (SSSR count). The molecule has 0 N–H and O–H groups in total. The number of benzene rings is 1. The van der Waals surface area contributed by atoms with Crippen LogP contribution in [0.15, 0.2) is 16.6 Å². The first-order valence-corrected chi connectivity index (χ1v) is 6.29. The molecular formula is C13H13BrN2O. The second-order valence-corrected chi connectivity index (χ2v) is 5.22. The van der Waals surface area contributed by atoms with Gasteiger partial charge in [-0.25, -0.2) is 0 Å². The summed E-state index contributed by atoms with van der Waals surface area (Å²) in [6.45, 7) is 4.52. The number of hydrogen-bond donors (Lipinski definition) is 0. The fourth-order valence-electron chi connectivity index (χ4n) is 2.12. The Morgan fingerprint density at radius 2 is 2.00 bits per heavy atom. The number of rotatable bonds is 1. The number of anilines is 1. The van der Waals surface area contributed by atoms with Gasteiger partial charge in [-0.05, 0) is 37.1 Å². The summed E-state index contributed by atoms with van der Waals surface area (Å²) in [7, 11) is 0. The third-order valence-electron chi connectivity index (χ3n) is 3.04. The van der Waals surface area contributed by atoms with Crippen LogP contribution in [0.4, 0.5) is 5.69 Å². The Labute approximate surface area is 109 Å². The van der Waals surface area contributed by atoms with Crippen molar-refractivity contribution in [3.63, 3.8) is 0 Å². The molecule has 1 atom stereocenters. The SMILES string of the molecule is Cc1cc(N2CC(C#N)CC2=O)cc(C)c1Br. The van der Waals surface area contributed by atoms with Crippen LogP contribution < -0.4 is 4.90 Å². The number of nitrogens with zero attached hydrogens (tertiary/aromatic N) is 2. The third-order valence-corrected chi connectivity index (χ3v) is 4.29. The van der Waals surface area contributed by atoms with E-state index in [0.717, 1.165) is 21.3 Å². The highest BCUT2D eigenvalue weighted by Gasteiger charge is 2.30. The van der Waals surface area contributed by atoms with E-state index in [2.05, 4.69) is 22.0 Å². The largest absolute Gasteiger partial charge is 0.311 e. The van der Waals surface area contributed by atoms with Gasteiger partial charge in [0.2, 0.25) is 5.91 Å². The van der Waals surface area contributed by atoms with Gasteiger partial charge in [-0.3, -0.25) is 4.79 Å². The normalized spacial score (nSPS) is 19.5. The first-order valence-electron chi connectivity index (χ1n) is 5.49. The molecule has 1 aliphatic heterocycles. The average Bonchev–Trinajstić information content (AvgIpc) is 2.67. The lowest BCUT2D eigenvalue weighted by molar-refractivity contribution is -0.117. The van der Waals surface area contributed by atoms with E-state index < -0.39 is 0 Å². The maximum Gasteiger partial charge on any atom is 0.228 e. The van der Waals surface area contributed by atoms with Crippen molar-refractivity contribution < 1.29 is 4.79 Å². The number of carbonyl (C=O) groups excluding carboxylic acids is 1. The second-order valence-electron chi connectivity index (χ2n) is 4.43. The third kappa shape index (κ3) is 2.20. The maximum absolute atomic E-state index is 11.8. The van der Waals surface area contributed by atoms with Crippen LogP contribution in [-0.2, 0) is 4.79 Å². The first kappa shape index (κ1) is 12.1. The van der Waals surface area contributed by atoms with Crippen LogP contribution in [0.1, 0.15) is 17.5 Å². The minimum Gasteiger partial charge on any atom is -0.311 e. The first-order chi connectivity index (χ1) is 8.02. The maximum atomic E-state index is 11.8. The molecule has 0 aliphatic carbocycles. The van der Waals surface area contributed by atoms with E-state index in [-0.39, 0.29) is 11.8 Å². The van der Waals surface area contributed by atoms with Crippen LogP contribution in [0.5, 0.6) is 0 Å². The molecule has 0 aromatic heterocycles. The van der Waals surface area contributed by atoms with Gasteiger partial charge in [0, 0.05) is 23.1 Å². The Morgan fingerprint density at radius 1 is 1.41 bits per heavy atom. The molecule has 0 saturated carbocycles. The van der Waals surface area contributed by atoms with Crippen LogP contribution in [0.3, 0.4) is 0 Å². The molecule has 88 valence electrons. The summed E-state index contributed by atoms with van der Waals surface area (Å²) < 4.78 is 1.07. The smallest absolute Gasteiger partial charge is 0.228 e. The highest BCUT2D eigenvalue weighted by molar-refractivity contribution is 9.10. The summed E-state index contributed by atoms with van der Waals surface area (Å²) in [5.41, 5.74) is 3.10. The van der Waals surface area contributed by atoms with Crippen molar-refractivity contribution in [3.8, 4) is 6.07 Å². The predicted molar refractivity (Wildman–Crippen MR) is 69.7 cm³/mol. The van der Waals surface area contributed by atoms with Gasteiger partial charge in [0.15, 0.2) is 0 Å². The Balaban J connectivity index is 2.36. The van der Waals surface area contributed by atoms with Crippen molar-refractivity contribution in [2.24, 2.45) is 5.92 Å². The molecule has 1 saturated heterocycles. The fourth-order valence-corrected chi connectivity index (χ4v) is 2.35. The number of carbonyl (C=O) groups is 1. The zero-order chi connectivity index (χ0) is 12.6. The lowest BCUT2D eigenvalue weighted by Crippen LogP contribution is -2.24. The van der Waals surface area contributed by atoms with Crippen molar-refractivity contribution >= 4 is 27.5 Å². The number of halogens is 1. The van der Waals surface area contributed by atoms with E-state index in [1.807, 2.05) is 26.0 Å². The standard InChI is InChI=1S/C13H13BrN2O/c1-8-3-11(4-9(2)13(8)14)16-7-10(6-15)5-12(16)17/h3-4,10H,5,7H2,1-2H3. The predicted octanol–water partition coefficient (Wildman–Crippen LogP) is 2.94. The average molecular weight is 293 g/mol. The van der Waals surface area contributed by atoms with Gasteiger partial charge >= 0.3 is 0 Å². The van der Waals surface area contributed by atoms with Crippen molar-refractivity contribution in [2.45, 2.75) is 20.3 Å². The number of nitriles is 1. The molecule has 1 fully saturated rings. The van der Waals surface area contributed by atoms with Gasteiger partial charge < -0.3 is 4.90 Å². The Morgan fingerprint density at radius 3 is 2.47 bits per heavy atom. The Kier molecular flexibility index (Phi) is 3.21. The second kappa shape index (κ2) is 4.50. The Bertz CT molecular complexity index is 496. The summed E-state index contributed by atoms with van der Waals surface area (Å²) in [6.07, 6.45) is 0.338. The number of hydrogen-bond acceptors (Lipinski definition) is 2. The van der Waals surface area contributed by atoms with Crippen molar-refractivity contribution in [1.82, 2.24) is 0 Å². The minimum atomic E-state index is -0.174. The molecule has 1 heterocycles. The van der Waals surface area contributed by atoms with E-state index in [4.69, 9.17) is 5.26 Å². The van der Waals surface area contributed by atoms with E-state index >= 15 is 0 Å². The van der Waals surface area contributed by atoms with Crippen molar-refractivity contribution in [1.29, 1.82) is 5.26 Å². The molecule has 1 aromatic rings. The van der Waals surface area contributed by atoms with Crippen LogP contribution in [0.25, 0.3) is 0 Å². The summed E-state index contributed by atoms with van der Waals surface area (Å²) in [5, 5.41) is 8.87. The summed E-state index contributed by atoms with van der Waals surface area (Å²) >= 11 is 3.51. The van der Waals surface area contributed by atoms with Crippen LogP contribution in [-0.4, -0.2) is 12.5 Å². The van der Waals surface area contributed by atoms with E-state index in [9.17, 15) is 4.79 Å². The number of amides is 1. The van der Waals surface area contributed by atoms with Gasteiger partial charge in [0.1, 0.15) is 0 Å². The molecule has 0 spiro atoms. The Hall–Kier alpha value is -1.34. The van der Waals surface area contributed by atoms with Crippen LogP contribution in [0.2, 0.25) is 0 Å². The molecule has 1 aliphatic rings.